The first-order valence-electron chi connectivity index (χ1n) is 13.1. The van der Waals surface area contributed by atoms with Crippen molar-refractivity contribution in [3.05, 3.63) is 11.6 Å². The van der Waals surface area contributed by atoms with E-state index in [9.17, 15) is 24.9 Å². The third-order valence-electron chi connectivity index (χ3n) is 10.7. The van der Waals surface area contributed by atoms with Crippen molar-refractivity contribution in [1.82, 2.24) is 4.90 Å². The van der Waals surface area contributed by atoms with Gasteiger partial charge in [-0.3, -0.25) is 9.59 Å². The molecule has 1 amide bonds. The Morgan fingerprint density at radius 1 is 1.15 bits per heavy atom. The average molecular weight is 476 g/mol. The first-order valence-corrected chi connectivity index (χ1v) is 13.1. The Morgan fingerprint density at radius 2 is 1.85 bits per heavy atom. The molecule has 0 aromatic rings. The van der Waals surface area contributed by atoms with Crippen molar-refractivity contribution in [1.29, 1.82) is 0 Å². The summed E-state index contributed by atoms with van der Waals surface area (Å²) in [7, 11) is 1.55. The molecule has 5 aliphatic carbocycles. The summed E-state index contributed by atoms with van der Waals surface area (Å²) in [6, 6.07) is 0.247. The molecule has 5 rings (SSSR count). The highest BCUT2D eigenvalue weighted by atomic mass is 16.5. The van der Waals surface area contributed by atoms with E-state index >= 15 is 0 Å². The molecule has 0 aromatic heterocycles. The molecule has 0 aromatic carbocycles. The lowest BCUT2D eigenvalue weighted by Gasteiger charge is -2.60. The van der Waals surface area contributed by atoms with Gasteiger partial charge in [0.15, 0.2) is 5.78 Å². The molecule has 2 unspecified atom stereocenters. The molecule has 4 saturated carbocycles. The Bertz CT molecular complexity index is 900. The molecule has 0 heterocycles. The monoisotopic (exact) mass is 475 g/mol. The summed E-state index contributed by atoms with van der Waals surface area (Å²) in [6.07, 6.45) is 5.71. The molecule has 3 N–H and O–H groups in total. The van der Waals surface area contributed by atoms with E-state index in [2.05, 4.69) is 20.8 Å². The fraction of sp³-hybridized carbons (Fsp3) is 0.852. The Morgan fingerprint density at radius 3 is 2.50 bits per heavy atom. The number of carbonyl (C=O) groups is 2. The van der Waals surface area contributed by atoms with Crippen LogP contribution in [0.1, 0.15) is 72.1 Å². The van der Waals surface area contributed by atoms with Gasteiger partial charge < -0.3 is 25.0 Å². The van der Waals surface area contributed by atoms with E-state index in [-0.39, 0.29) is 54.6 Å². The molecule has 34 heavy (non-hydrogen) atoms. The maximum absolute atomic E-state index is 13.3. The van der Waals surface area contributed by atoms with Gasteiger partial charge in [0.05, 0.1) is 17.8 Å². The maximum Gasteiger partial charge on any atom is 0.249 e. The number of rotatable bonds is 5. The van der Waals surface area contributed by atoms with Gasteiger partial charge in [0.25, 0.3) is 0 Å². The molecule has 0 aliphatic heterocycles. The zero-order chi connectivity index (χ0) is 24.6. The fourth-order valence-corrected chi connectivity index (χ4v) is 8.69. The van der Waals surface area contributed by atoms with Crippen LogP contribution < -0.4 is 0 Å². The van der Waals surface area contributed by atoms with Gasteiger partial charge in [-0.2, -0.15) is 0 Å². The molecule has 7 nitrogen and oxygen atoms in total. The van der Waals surface area contributed by atoms with Crippen molar-refractivity contribution in [2.75, 3.05) is 13.7 Å². The molecular weight excluding hydrogens is 434 g/mol. The van der Waals surface area contributed by atoms with E-state index in [1.807, 2.05) is 4.90 Å². The molecule has 4 fully saturated rings. The van der Waals surface area contributed by atoms with E-state index in [1.54, 1.807) is 13.2 Å². The number of methoxy groups -OCH3 is 1. The Kier molecular flexibility index (Phi) is 5.83. The maximum atomic E-state index is 13.3. The number of hydrogen-bond acceptors (Lipinski definition) is 6. The van der Waals surface area contributed by atoms with E-state index in [4.69, 9.17) is 4.74 Å². The van der Waals surface area contributed by atoms with Gasteiger partial charge >= 0.3 is 0 Å². The minimum Gasteiger partial charge on any atom is -0.390 e. The minimum atomic E-state index is -1.10. The fourth-order valence-electron chi connectivity index (χ4n) is 8.69. The zero-order valence-corrected chi connectivity index (χ0v) is 21.0. The molecule has 7 heteroatoms. The second-order valence-electron chi connectivity index (χ2n) is 12.4. The van der Waals surface area contributed by atoms with Crippen LogP contribution in [0, 0.1) is 28.6 Å². The van der Waals surface area contributed by atoms with Crippen LogP contribution in [0.4, 0.5) is 0 Å². The second-order valence-corrected chi connectivity index (χ2v) is 12.4. The standard InChI is InChI=1S/C27H41NO6/c1-15(28(16-5-6-16)24(32)14-34-4)17-8-10-27(33)19-11-21(29)20-12-22(30)23(31)13-25(20,2)18(19)7-9-26(17,27)3/h11,15-18,20,22-23,30-31,33H,5-10,12-14H2,1-4H3/t15?,17-,18?,20+,22-,23+,25-,26-,27-/m1/s1. The molecule has 9 atom stereocenters. The number of fused-ring (bicyclic) bond motifs is 5. The third kappa shape index (κ3) is 3.30. The summed E-state index contributed by atoms with van der Waals surface area (Å²) in [5.74, 6) is -0.189. The van der Waals surface area contributed by atoms with Crippen LogP contribution in [0.5, 0.6) is 0 Å². The second kappa shape index (κ2) is 8.12. The van der Waals surface area contributed by atoms with Gasteiger partial charge in [0.2, 0.25) is 5.91 Å². The molecule has 5 aliphatic rings. The van der Waals surface area contributed by atoms with Crippen LogP contribution in [0.2, 0.25) is 0 Å². The van der Waals surface area contributed by atoms with Gasteiger partial charge in [-0.15, -0.1) is 0 Å². The number of amides is 1. The average Bonchev–Trinajstić information content (AvgIpc) is 3.54. The van der Waals surface area contributed by atoms with Crippen molar-refractivity contribution in [2.24, 2.45) is 28.6 Å². The normalized spacial score (nSPS) is 46.7. The summed E-state index contributed by atoms with van der Waals surface area (Å²) >= 11 is 0. The zero-order valence-electron chi connectivity index (χ0n) is 21.0. The van der Waals surface area contributed by atoms with E-state index in [0.717, 1.165) is 37.7 Å². The first kappa shape index (κ1) is 24.4. The smallest absolute Gasteiger partial charge is 0.249 e. The van der Waals surface area contributed by atoms with Crippen molar-refractivity contribution in [3.8, 4) is 0 Å². The molecule has 0 radical (unpaired) electrons. The van der Waals surface area contributed by atoms with Gasteiger partial charge in [0, 0.05) is 30.5 Å². The number of aliphatic hydroxyl groups excluding tert-OH is 2. The van der Waals surface area contributed by atoms with Crippen molar-refractivity contribution < 1.29 is 29.6 Å². The quantitative estimate of drug-likeness (QED) is 0.563. The number of aliphatic hydroxyl groups is 3. The Hall–Kier alpha value is -1.28. The predicted molar refractivity (Wildman–Crippen MR) is 126 cm³/mol. The largest absolute Gasteiger partial charge is 0.390 e. The molecular formula is C27H41NO6. The van der Waals surface area contributed by atoms with E-state index in [1.165, 1.54) is 0 Å². The minimum absolute atomic E-state index is 0.0131. The number of allylic oxidation sites excluding steroid dienone is 1. The Balaban J connectivity index is 1.48. The van der Waals surface area contributed by atoms with Crippen molar-refractivity contribution in [3.63, 3.8) is 0 Å². The van der Waals surface area contributed by atoms with Crippen LogP contribution in [0.3, 0.4) is 0 Å². The molecule has 190 valence electrons. The Labute approximate surface area is 202 Å². The lowest BCUT2D eigenvalue weighted by atomic mass is 9.46. The SMILES string of the molecule is COCC(=O)N(C1CC1)C(C)[C@H]1CC[C@@]2(O)C3=CC(=O)[C@@H]4C[C@@H](O)[C@@H](O)C[C@]4(C)C3CC[C@]12C. The highest BCUT2D eigenvalue weighted by Crippen LogP contribution is 2.67. The van der Waals surface area contributed by atoms with Crippen LogP contribution in [0.25, 0.3) is 0 Å². The highest BCUT2D eigenvalue weighted by Gasteiger charge is 2.67. The van der Waals surface area contributed by atoms with Gasteiger partial charge in [-0.05, 0) is 87.2 Å². The molecule has 0 saturated heterocycles. The van der Waals surface area contributed by atoms with Crippen LogP contribution in [0.15, 0.2) is 11.6 Å². The van der Waals surface area contributed by atoms with E-state index < -0.39 is 28.6 Å². The number of ketones is 1. The number of nitrogens with zero attached hydrogens (tertiary/aromatic N) is 1. The summed E-state index contributed by atoms with van der Waals surface area (Å²) in [5, 5.41) is 33.1. The summed E-state index contributed by atoms with van der Waals surface area (Å²) in [5.41, 5.74) is -1.16. The van der Waals surface area contributed by atoms with Crippen LogP contribution >= 0.6 is 0 Å². The number of ether oxygens (including phenoxy) is 1. The van der Waals surface area contributed by atoms with Gasteiger partial charge in [0.1, 0.15) is 6.61 Å². The number of carbonyl (C=O) groups excluding carboxylic acids is 2. The third-order valence-corrected chi connectivity index (χ3v) is 10.7. The van der Waals surface area contributed by atoms with Crippen LogP contribution in [-0.4, -0.2) is 75.5 Å². The van der Waals surface area contributed by atoms with Gasteiger partial charge in [-0.1, -0.05) is 13.8 Å². The summed E-state index contributed by atoms with van der Waals surface area (Å²) in [6.45, 7) is 6.42. The lowest BCUT2D eigenvalue weighted by Crippen LogP contribution is -2.61. The lowest BCUT2D eigenvalue weighted by molar-refractivity contribution is -0.155. The van der Waals surface area contributed by atoms with Gasteiger partial charge in [-0.25, -0.2) is 0 Å². The topological polar surface area (TPSA) is 107 Å². The molecule has 0 bridgehead atoms. The molecule has 0 spiro atoms. The van der Waals surface area contributed by atoms with E-state index in [0.29, 0.717) is 12.8 Å². The number of hydrogen-bond donors (Lipinski definition) is 3. The predicted octanol–water partition coefficient (Wildman–Crippen LogP) is 2.22. The summed E-state index contributed by atoms with van der Waals surface area (Å²) in [4.78, 5) is 28.3. The first-order chi connectivity index (χ1) is 16.0. The van der Waals surface area contributed by atoms with Crippen molar-refractivity contribution in [2.45, 2.75) is 102 Å². The summed E-state index contributed by atoms with van der Waals surface area (Å²) < 4.78 is 5.16. The highest BCUT2D eigenvalue weighted by molar-refractivity contribution is 5.95. The van der Waals surface area contributed by atoms with Crippen molar-refractivity contribution >= 4 is 11.7 Å². The van der Waals surface area contributed by atoms with Crippen LogP contribution in [-0.2, 0) is 14.3 Å².